The van der Waals surface area contributed by atoms with E-state index in [2.05, 4.69) is 59.2 Å². The Morgan fingerprint density at radius 3 is 2.21 bits per heavy atom. The maximum Gasteiger partial charge on any atom is 0.243 e. The Morgan fingerprint density at radius 1 is 0.759 bits per heavy atom. The highest BCUT2D eigenvalue weighted by atomic mass is 16.5. The van der Waals surface area contributed by atoms with Crippen molar-refractivity contribution in [2.75, 3.05) is 13.1 Å². The summed E-state index contributed by atoms with van der Waals surface area (Å²) in [6, 6.07) is 18.9. The second-order valence-corrected chi connectivity index (χ2v) is 7.04. The van der Waals surface area contributed by atoms with Crippen LogP contribution in [0.4, 0.5) is 0 Å². The lowest BCUT2D eigenvalue weighted by molar-refractivity contribution is -0.129. The first-order chi connectivity index (χ1) is 14.2. The molecule has 156 valence electrons. The molecule has 0 unspecified atom stereocenters. The molecule has 0 aliphatic carbocycles. The van der Waals surface area contributed by atoms with Crippen molar-refractivity contribution in [1.82, 2.24) is 16.1 Å². The molecule has 0 spiro atoms. The van der Waals surface area contributed by atoms with Crippen molar-refractivity contribution in [3.05, 3.63) is 60.2 Å². The lowest BCUT2D eigenvalue weighted by atomic mass is 10.0. The van der Waals surface area contributed by atoms with Crippen LogP contribution in [0.2, 0.25) is 0 Å². The van der Waals surface area contributed by atoms with Crippen molar-refractivity contribution < 1.29 is 14.8 Å². The number of benzene rings is 2. The molecule has 0 saturated heterocycles. The van der Waals surface area contributed by atoms with Gasteiger partial charge >= 0.3 is 0 Å². The zero-order chi connectivity index (χ0) is 20.7. The van der Waals surface area contributed by atoms with Crippen LogP contribution in [0.5, 0.6) is 0 Å². The third-order valence-corrected chi connectivity index (χ3v) is 4.65. The lowest BCUT2D eigenvalue weighted by Gasteiger charge is -2.08. The van der Waals surface area contributed by atoms with Crippen molar-refractivity contribution in [3.8, 4) is 11.1 Å². The molecule has 0 atom stereocenters. The first-order valence-electron chi connectivity index (χ1n) is 10.2. The molecule has 2 rings (SSSR count). The number of carbonyl (C=O) groups excluding carboxylic acids is 2. The highest BCUT2D eigenvalue weighted by molar-refractivity contribution is 5.76. The molecule has 0 saturated carbocycles. The van der Waals surface area contributed by atoms with Crippen LogP contribution in [0.15, 0.2) is 54.6 Å². The summed E-state index contributed by atoms with van der Waals surface area (Å²) < 4.78 is 0. The molecule has 0 aliphatic rings. The van der Waals surface area contributed by atoms with E-state index in [0.29, 0.717) is 25.8 Å². The maximum absolute atomic E-state index is 11.7. The van der Waals surface area contributed by atoms with Crippen LogP contribution >= 0.6 is 0 Å². The van der Waals surface area contributed by atoms with Crippen molar-refractivity contribution in [3.63, 3.8) is 0 Å². The average Bonchev–Trinajstić information content (AvgIpc) is 2.76. The molecule has 2 aromatic carbocycles. The number of nitrogens with one attached hydrogen (secondary N) is 3. The van der Waals surface area contributed by atoms with Crippen LogP contribution in [0.1, 0.15) is 44.1 Å². The number of rotatable bonds is 13. The van der Waals surface area contributed by atoms with Crippen LogP contribution < -0.4 is 16.1 Å². The first kappa shape index (κ1) is 22.6. The normalized spacial score (nSPS) is 10.5. The van der Waals surface area contributed by atoms with Crippen LogP contribution in [-0.2, 0) is 16.1 Å². The van der Waals surface area contributed by atoms with Gasteiger partial charge in [-0.05, 0) is 55.0 Å². The zero-order valence-corrected chi connectivity index (χ0v) is 16.8. The predicted octanol–water partition coefficient (Wildman–Crippen LogP) is 3.41. The van der Waals surface area contributed by atoms with Gasteiger partial charge in [0.2, 0.25) is 11.8 Å². The summed E-state index contributed by atoms with van der Waals surface area (Å²) in [6.45, 7) is 2.40. The molecule has 0 aliphatic heterocycles. The van der Waals surface area contributed by atoms with Crippen molar-refractivity contribution in [2.45, 2.75) is 45.1 Å². The minimum Gasteiger partial charge on any atom is -0.356 e. The monoisotopic (exact) mass is 397 g/mol. The standard InChI is InChI=1S/C23H31N3O3/c27-22(13-4-5-14-23(28)26-29)25-16-7-6-15-24-18-19-9-8-12-21(17-19)20-10-2-1-3-11-20/h1-3,8-12,17,24,29H,4-7,13-16,18H2,(H,25,27)(H,26,28). The molecule has 2 amide bonds. The number of amides is 2. The van der Waals surface area contributed by atoms with Crippen LogP contribution in [0, 0.1) is 0 Å². The maximum atomic E-state index is 11.7. The molecule has 6 heteroatoms. The Bertz CT molecular complexity index is 750. The quantitative estimate of drug-likeness (QED) is 0.237. The van der Waals surface area contributed by atoms with Crippen LogP contribution in [-0.4, -0.2) is 30.1 Å². The molecule has 0 fully saturated rings. The fourth-order valence-electron chi connectivity index (χ4n) is 3.04. The van der Waals surface area contributed by atoms with Gasteiger partial charge in [-0.3, -0.25) is 14.8 Å². The van der Waals surface area contributed by atoms with Gasteiger partial charge in [0.15, 0.2) is 0 Å². The van der Waals surface area contributed by atoms with E-state index < -0.39 is 5.91 Å². The highest BCUT2D eigenvalue weighted by Crippen LogP contribution is 2.19. The largest absolute Gasteiger partial charge is 0.356 e. The summed E-state index contributed by atoms with van der Waals surface area (Å²) in [5, 5.41) is 14.7. The third kappa shape index (κ3) is 9.36. The van der Waals surface area contributed by atoms with Crippen molar-refractivity contribution in [2.24, 2.45) is 0 Å². The molecular formula is C23H31N3O3. The first-order valence-corrected chi connectivity index (χ1v) is 10.2. The van der Waals surface area contributed by atoms with E-state index in [1.54, 1.807) is 5.48 Å². The van der Waals surface area contributed by atoms with Gasteiger partial charge in [-0.1, -0.05) is 48.5 Å². The highest BCUT2D eigenvalue weighted by Gasteiger charge is 2.03. The Balaban J connectivity index is 1.52. The fourth-order valence-corrected chi connectivity index (χ4v) is 3.04. The Kier molecular flexibility index (Phi) is 10.5. The average molecular weight is 398 g/mol. The Morgan fingerprint density at radius 2 is 1.45 bits per heavy atom. The Labute approximate surface area is 172 Å². The third-order valence-electron chi connectivity index (χ3n) is 4.65. The number of hydrogen-bond acceptors (Lipinski definition) is 4. The van der Waals surface area contributed by atoms with Gasteiger partial charge in [-0.15, -0.1) is 0 Å². The van der Waals surface area contributed by atoms with E-state index in [1.807, 2.05) is 6.07 Å². The molecule has 0 bridgehead atoms. The van der Waals surface area contributed by atoms with Gasteiger partial charge in [-0.2, -0.15) is 0 Å². The predicted molar refractivity (Wildman–Crippen MR) is 114 cm³/mol. The van der Waals surface area contributed by atoms with Gasteiger partial charge < -0.3 is 10.6 Å². The van der Waals surface area contributed by atoms with Crippen LogP contribution in [0.3, 0.4) is 0 Å². The molecule has 0 aromatic heterocycles. The lowest BCUT2D eigenvalue weighted by Crippen LogP contribution is -2.25. The molecule has 2 aromatic rings. The van der Waals surface area contributed by atoms with E-state index >= 15 is 0 Å². The number of carbonyl (C=O) groups is 2. The number of unbranched alkanes of at least 4 members (excludes halogenated alkanes) is 2. The van der Waals surface area contributed by atoms with E-state index in [0.717, 1.165) is 25.9 Å². The van der Waals surface area contributed by atoms with Gasteiger partial charge in [0.05, 0.1) is 0 Å². The molecule has 4 N–H and O–H groups in total. The Hall–Kier alpha value is -2.70. The van der Waals surface area contributed by atoms with E-state index in [1.165, 1.54) is 16.7 Å². The number of hydroxylamine groups is 1. The fraction of sp³-hybridized carbons (Fsp3) is 0.391. The summed E-state index contributed by atoms with van der Waals surface area (Å²) in [4.78, 5) is 22.6. The molecule has 29 heavy (non-hydrogen) atoms. The second-order valence-electron chi connectivity index (χ2n) is 7.04. The van der Waals surface area contributed by atoms with Crippen molar-refractivity contribution >= 4 is 11.8 Å². The zero-order valence-electron chi connectivity index (χ0n) is 16.8. The van der Waals surface area contributed by atoms with Crippen molar-refractivity contribution in [1.29, 1.82) is 0 Å². The van der Waals surface area contributed by atoms with E-state index in [4.69, 9.17) is 5.21 Å². The van der Waals surface area contributed by atoms with Gasteiger partial charge in [0.25, 0.3) is 0 Å². The van der Waals surface area contributed by atoms with Crippen LogP contribution in [0.25, 0.3) is 11.1 Å². The van der Waals surface area contributed by atoms with Gasteiger partial charge in [-0.25, -0.2) is 5.48 Å². The minimum absolute atomic E-state index is 0.0140. The summed E-state index contributed by atoms with van der Waals surface area (Å²) in [6.07, 6.45) is 3.81. The smallest absolute Gasteiger partial charge is 0.243 e. The number of hydrogen-bond donors (Lipinski definition) is 4. The topological polar surface area (TPSA) is 90.5 Å². The summed E-state index contributed by atoms with van der Waals surface area (Å²) in [7, 11) is 0. The molecule has 6 nitrogen and oxygen atoms in total. The SMILES string of the molecule is O=C(CCCCC(=O)NCCCCNCc1cccc(-c2ccccc2)c1)NO. The van der Waals surface area contributed by atoms with Gasteiger partial charge in [0, 0.05) is 25.9 Å². The second kappa shape index (κ2) is 13.5. The molecular weight excluding hydrogens is 366 g/mol. The van der Waals surface area contributed by atoms with E-state index in [-0.39, 0.29) is 12.3 Å². The van der Waals surface area contributed by atoms with Gasteiger partial charge in [0.1, 0.15) is 0 Å². The summed E-state index contributed by atoms with van der Waals surface area (Å²) in [5.74, 6) is -0.398. The minimum atomic E-state index is -0.412. The summed E-state index contributed by atoms with van der Waals surface area (Å²) in [5.41, 5.74) is 5.30. The van der Waals surface area contributed by atoms with E-state index in [9.17, 15) is 9.59 Å². The summed E-state index contributed by atoms with van der Waals surface area (Å²) >= 11 is 0. The molecule has 0 radical (unpaired) electrons. The molecule has 0 heterocycles.